The van der Waals surface area contributed by atoms with Crippen LogP contribution in [0.15, 0.2) is 48.5 Å². The third-order valence-corrected chi connectivity index (χ3v) is 6.54. The lowest BCUT2D eigenvalue weighted by Gasteiger charge is -2.36. The molecule has 0 aliphatic carbocycles. The SMILES string of the molecule is COc1ccccc1N1CCN(CCNS(=O)(=O)Cc2ccc(C(F)(F)F)cc2)CC1. The van der Waals surface area contributed by atoms with Gasteiger partial charge in [-0.3, -0.25) is 4.90 Å². The van der Waals surface area contributed by atoms with Crippen LogP contribution >= 0.6 is 0 Å². The molecule has 1 N–H and O–H groups in total. The second-order valence-corrected chi connectivity index (χ2v) is 9.16. The predicted octanol–water partition coefficient (Wildman–Crippen LogP) is 2.96. The standard InChI is InChI=1S/C21H26F3N3O3S/c1-30-20-5-3-2-4-19(20)27-14-12-26(13-15-27)11-10-25-31(28,29)16-17-6-8-18(9-7-17)21(22,23)24/h2-9,25H,10-16H2,1H3. The first kappa shape index (κ1) is 23.4. The molecular formula is C21H26F3N3O3S. The molecule has 0 aromatic heterocycles. The zero-order chi connectivity index (χ0) is 22.5. The van der Waals surface area contributed by atoms with Gasteiger partial charge in [-0.15, -0.1) is 0 Å². The number of anilines is 1. The number of nitrogens with one attached hydrogen (secondary N) is 1. The topological polar surface area (TPSA) is 61.9 Å². The van der Waals surface area contributed by atoms with Gasteiger partial charge in [-0.05, 0) is 29.8 Å². The maximum atomic E-state index is 12.6. The molecule has 3 rings (SSSR count). The molecule has 1 aliphatic rings. The quantitative estimate of drug-likeness (QED) is 0.661. The Labute approximate surface area is 180 Å². The maximum Gasteiger partial charge on any atom is 0.416 e. The summed E-state index contributed by atoms with van der Waals surface area (Å²) in [5.41, 5.74) is 0.557. The zero-order valence-corrected chi connectivity index (χ0v) is 18.0. The number of sulfonamides is 1. The highest BCUT2D eigenvalue weighted by molar-refractivity contribution is 7.88. The van der Waals surface area contributed by atoms with Gasteiger partial charge in [0.2, 0.25) is 10.0 Å². The van der Waals surface area contributed by atoms with Gasteiger partial charge in [0.1, 0.15) is 5.75 Å². The number of hydrogen-bond donors (Lipinski definition) is 1. The van der Waals surface area contributed by atoms with Crippen LogP contribution in [0.2, 0.25) is 0 Å². The number of para-hydroxylation sites is 2. The molecule has 6 nitrogen and oxygen atoms in total. The van der Waals surface area contributed by atoms with E-state index in [2.05, 4.69) is 14.5 Å². The molecule has 0 bridgehead atoms. The third-order valence-electron chi connectivity index (χ3n) is 5.19. The summed E-state index contributed by atoms with van der Waals surface area (Å²) in [5.74, 6) is 0.471. The van der Waals surface area contributed by atoms with Gasteiger partial charge in [-0.2, -0.15) is 13.2 Å². The predicted molar refractivity (Wildman–Crippen MR) is 114 cm³/mol. The number of methoxy groups -OCH3 is 1. The molecule has 31 heavy (non-hydrogen) atoms. The summed E-state index contributed by atoms with van der Waals surface area (Å²) in [6.45, 7) is 4.00. The van der Waals surface area contributed by atoms with E-state index in [0.29, 0.717) is 12.1 Å². The Kier molecular flexibility index (Phi) is 7.45. The first-order chi connectivity index (χ1) is 14.7. The Morgan fingerprint density at radius 1 is 1.00 bits per heavy atom. The van der Waals surface area contributed by atoms with Gasteiger partial charge < -0.3 is 9.64 Å². The molecule has 1 aliphatic heterocycles. The smallest absolute Gasteiger partial charge is 0.416 e. The van der Waals surface area contributed by atoms with Crippen LogP contribution in [-0.4, -0.2) is 59.7 Å². The number of halogens is 3. The molecule has 0 unspecified atom stereocenters. The van der Waals surface area contributed by atoms with Crippen molar-refractivity contribution in [1.82, 2.24) is 9.62 Å². The van der Waals surface area contributed by atoms with E-state index in [4.69, 9.17) is 4.74 Å². The first-order valence-corrected chi connectivity index (χ1v) is 11.6. The van der Waals surface area contributed by atoms with Gasteiger partial charge >= 0.3 is 6.18 Å². The van der Waals surface area contributed by atoms with Crippen molar-refractivity contribution in [2.45, 2.75) is 11.9 Å². The normalized spacial score (nSPS) is 15.8. The first-order valence-electron chi connectivity index (χ1n) is 9.92. The summed E-state index contributed by atoms with van der Waals surface area (Å²) in [6.07, 6.45) is -4.44. The molecule has 2 aromatic carbocycles. The van der Waals surface area contributed by atoms with E-state index in [-0.39, 0.29) is 12.3 Å². The molecule has 170 valence electrons. The van der Waals surface area contributed by atoms with Gasteiger partial charge in [0.15, 0.2) is 0 Å². The summed E-state index contributed by atoms with van der Waals surface area (Å²) in [5, 5.41) is 0. The van der Waals surface area contributed by atoms with Crippen molar-refractivity contribution in [3.8, 4) is 5.75 Å². The molecule has 2 aromatic rings. The molecule has 1 saturated heterocycles. The van der Waals surface area contributed by atoms with Crippen LogP contribution in [-0.2, 0) is 22.0 Å². The molecule has 1 heterocycles. The highest BCUT2D eigenvalue weighted by Gasteiger charge is 2.30. The lowest BCUT2D eigenvalue weighted by Crippen LogP contribution is -2.48. The molecule has 0 amide bonds. The Hall–Kier alpha value is -2.30. The highest BCUT2D eigenvalue weighted by atomic mass is 32.2. The Bertz CT molecular complexity index is 958. The van der Waals surface area contributed by atoms with Crippen LogP contribution < -0.4 is 14.4 Å². The van der Waals surface area contributed by atoms with Gasteiger partial charge in [0, 0.05) is 39.3 Å². The average molecular weight is 458 g/mol. The van der Waals surface area contributed by atoms with Gasteiger partial charge in [-0.1, -0.05) is 24.3 Å². The zero-order valence-electron chi connectivity index (χ0n) is 17.2. The van der Waals surface area contributed by atoms with Gasteiger partial charge in [-0.25, -0.2) is 13.1 Å². The van der Waals surface area contributed by atoms with E-state index < -0.39 is 21.8 Å². The van der Waals surface area contributed by atoms with Crippen LogP contribution in [0.25, 0.3) is 0 Å². The number of nitrogens with zero attached hydrogens (tertiary/aromatic N) is 2. The van der Waals surface area contributed by atoms with E-state index in [1.807, 2.05) is 24.3 Å². The van der Waals surface area contributed by atoms with Crippen molar-refractivity contribution >= 4 is 15.7 Å². The highest BCUT2D eigenvalue weighted by Crippen LogP contribution is 2.29. The summed E-state index contributed by atoms with van der Waals surface area (Å²) in [6, 6.07) is 12.0. The minimum atomic E-state index is -4.44. The second kappa shape index (κ2) is 9.88. The van der Waals surface area contributed by atoms with Crippen molar-refractivity contribution in [3.63, 3.8) is 0 Å². The average Bonchev–Trinajstić information content (AvgIpc) is 2.73. The number of rotatable bonds is 8. The lowest BCUT2D eigenvalue weighted by atomic mass is 10.1. The summed E-state index contributed by atoms with van der Waals surface area (Å²) >= 11 is 0. The van der Waals surface area contributed by atoms with E-state index in [9.17, 15) is 21.6 Å². The Balaban J connectivity index is 1.44. The van der Waals surface area contributed by atoms with E-state index in [1.54, 1.807) is 7.11 Å². The number of hydrogen-bond acceptors (Lipinski definition) is 5. The van der Waals surface area contributed by atoms with E-state index in [1.165, 1.54) is 12.1 Å². The largest absolute Gasteiger partial charge is 0.495 e. The minimum Gasteiger partial charge on any atom is -0.495 e. The Morgan fingerprint density at radius 2 is 1.65 bits per heavy atom. The molecule has 0 atom stereocenters. The summed E-state index contributed by atoms with van der Waals surface area (Å²) < 4.78 is 70.3. The number of ether oxygens (including phenoxy) is 1. The molecule has 1 fully saturated rings. The lowest BCUT2D eigenvalue weighted by molar-refractivity contribution is -0.137. The molecular weight excluding hydrogens is 431 g/mol. The van der Waals surface area contributed by atoms with Crippen LogP contribution in [0.5, 0.6) is 5.75 Å². The minimum absolute atomic E-state index is 0.248. The summed E-state index contributed by atoms with van der Waals surface area (Å²) in [7, 11) is -1.99. The fourth-order valence-corrected chi connectivity index (χ4v) is 4.66. The summed E-state index contributed by atoms with van der Waals surface area (Å²) in [4.78, 5) is 4.41. The third kappa shape index (κ3) is 6.59. The number of alkyl halides is 3. The molecule has 0 radical (unpaired) electrons. The van der Waals surface area contributed by atoms with Gasteiger partial charge in [0.05, 0.1) is 24.1 Å². The second-order valence-electron chi connectivity index (χ2n) is 7.35. The van der Waals surface area contributed by atoms with Gasteiger partial charge in [0.25, 0.3) is 0 Å². The van der Waals surface area contributed by atoms with E-state index in [0.717, 1.165) is 49.7 Å². The fraction of sp³-hybridized carbons (Fsp3) is 0.429. The van der Waals surface area contributed by atoms with Crippen molar-refractivity contribution in [2.75, 3.05) is 51.3 Å². The van der Waals surface area contributed by atoms with E-state index >= 15 is 0 Å². The molecule has 10 heteroatoms. The van der Waals surface area contributed by atoms with Crippen LogP contribution in [0.1, 0.15) is 11.1 Å². The van der Waals surface area contributed by atoms with Crippen molar-refractivity contribution in [2.24, 2.45) is 0 Å². The van der Waals surface area contributed by atoms with Crippen molar-refractivity contribution < 1.29 is 26.3 Å². The van der Waals surface area contributed by atoms with Crippen molar-refractivity contribution in [3.05, 3.63) is 59.7 Å². The van der Waals surface area contributed by atoms with Crippen LogP contribution in [0, 0.1) is 0 Å². The maximum absolute atomic E-state index is 12.6. The number of benzene rings is 2. The Morgan fingerprint density at radius 3 is 2.26 bits per heavy atom. The monoisotopic (exact) mass is 457 g/mol. The van der Waals surface area contributed by atoms with Crippen LogP contribution in [0.4, 0.5) is 18.9 Å². The fourth-order valence-electron chi connectivity index (χ4n) is 3.52. The number of piperazine rings is 1. The molecule has 0 saturated carbocycles. The molecule has 0 spiro atoms. The van der Waals surface area contributed by atoms with Crippen LogP contribution in [0.3, 0.4) is 0 Å². The van der Waals surface area contributed by atoms with Crippen molar-refractivity contribution in [1.29, 1.82) is 0 Å².